The van der Waals surface area contributed by atoms with Gasteiger partial charge in [-0.15, -0.1) is 0 Å². The number of carbonyl (C=O) groups is 1. The normalized spacial score (nSPS) is 17.0. The number of nitrogens with two attached hydrogens (primary N) is 1. The largest absolute Gasteiger partial charge is 0.362 e. The molecular weight excluding hydrogens is 312 g/mol. The number of carbonyl (C=O) groups excluding carboxylic acids is 1. The smallest absolute Gasteiger partial charge is 0.313 e. The number of primary amides is 1. The van der Waals surface area contributed by atoms with Crippen molar-refractivity contribution in [3.8, 4) is 0 Å². The van der Waals surface area contributed by atoms with Gasteiger partial charge in [0.1, 0.15) is 5.66 Å². The molecule has 2 aromatic carbocycles. The number of para-hydroxylation sites is 1. The van der Waals surface area contributed by atoms with Crippen molar-refractivity contribution in [2.45, 2.75) is 32.0 Å². The van der Waals surface area contributed by atoms with Gasteiger partial charge in [-0.2, -0.15) is 0 Å². The van der Waals surface area contributed by atoms with Gasteiger partial charge in [0, 0.05) is 38.2 Å². The van der Waals surface area contributed by atoms with Gasteiger partial charge >= 0.3 is 6.03 Å². The van der Waals surface area contributed by atoms with Crippen LogP contribution in [0.2, 0.25) is 0 Å². The van der Waals surface area contributed by atoms with Gasteiger partial charge < -0.3 is 16.4 Å². The summed E-state index contributed by atoms with van der Waals surface area (Å²) in [5, 5.41) is 6.50. The molecule has 0 saturated carbocycles. The van der Waals surface area contributed by atoms with Gasteiger partial charge in [-0.3, -0.25) is 4.90 Å². The van der Waals surface area contributed by atoms with Crippen molar-refractivity contribution >= 4 is 11.7 Å². The number of aryl methyl sites for hydroxylation is 1. The van der Waals surface area contributed by atoms with Crippen molar-refractivity contribution in [2.75, 3.05) is 18.4 Å². The second kappa shape index (κ2) is 7.57. The molecule has 1 fully saturated rings. The van der Waals surface area contributed by atoms with Crippen molar-refractivity contribution in [1.82, 2.24) is 10.2 Å². The van der Waals surface area contributed by atoms with Crippen molar-refractivity contribution in [3.63, 3.8) is 0 Å². The molecule has 0 aliphatic carbocycles. The summed E-state index contributed by atoms with van der Waals surface area (Å²) in [4.78, 5) is 14.0. The first-order valence-corrected chi connectivity index (χ1v) is 8.74. The van der Waals surface area contributed by atoms with Gasteiger partial charge in [-0.05, 0) is 24.1 Å². The molecule has 1 aliphatic rings. The van der Waals surface area contributed by atoms with Crippen LogP contribution in [0.5, 0.6) is 0 Å². The van der Waals surface area contributed by atoms with E-state index in [1.54, 1.807) is 0 Å². The summed E-state index contributed by atoms with van der Waals surface area (Å²) in [5.74, 6) is 0. The van der Waals surface area contributed by atoms with Crippen molar-refractivity contribution in [1.29, 1.82) is 0 Å². The minimum absolute atomic E-state index is 0.488. The zero-order valence-corrected chi connectivity index (χ0v) is 14.7. The molecule has 4 N–H and O–H groups in total. The highest BCUT2D eigenvalue weighted by Gasteiger charge is 2.35. The van der Waals surface area contributed by atoms with Crippen LogP contribution in [0.1, 0.15) is 24.0 Å². The summed E-state index contributed by atoms with van der Waals surface area (Å²) in [7, 11) is 0. The summed E-state index contributed by atoms with van der Waals surface area (Å²) < 4.78 is 0. The Morgan fingerprint density at radius 1 is 1.08 bits per heavy atom. The van der Waals surface area contributed by atoms with E-state index in [0.717, 1.165) is 43.7 Å². The number of likely N-dealkylation sites (tertiary alicyclic amines) is 1. The highest BCUT2D eigenvalue weighted by atomic mass is 16.2. The Hall–Kier alpha value is -2.53. The molecule has 25 heavy (non-hydrogen) atoms. The van der Waals surface area contributed by atoms with E-state index in [0.29, 0.717) is 0 Å². The van der Waals surface area contributed by atoms with Crippen molar-refractivity contribution < 1.29 is 4.79 Å². The highest BCUT2D eigenvalue weighted by Crippen LogP contribution is 2.27. The van der Waals surface area contributed by atoms with Gasteiger partial charge in [0.2, 0.25) is 0 Å². The van der Waals surface area contributed by atoms with E-state index in [9.17, 15) is 4.79 Å². The first-order chi connectivity index (χ1) is 12.1. The van der Waals surface area contributed by atoms with Crippen LogP contribution in [0.25, 0.3) is 0 Å². The number of urea groups is 1. The van der Waals surface area contributed by atoms with Gasteiger partial charge in [-0.25, -0.2) is 4.79 Å². The predicted molar refractivity (Wildman–Crippen MR) is 101 cm³/mol. The Bertz CT molecular complexity index is 709. The summed E-state index contributed by atoms with van der Waals surface area (Å²) in [6.07, 6.45) is 1.61. The predicted octanol–water partition coefficient (Wildman–Crippen LogP) is 3.07. The number of nitrogens with one attached hydrogen (secondary N) is 2. The summed E-state index contributed by atoms with van der Waals surface area (Å²) in [6.45, 7) is 4.78. The molecule has 5 nitrogen and oxygen atoms in total. The Balaban J connectivity index is 1.69. The van der Waals surface area contributed by atoms with Gasteiger partial charge in [0.25, 0.3) is 0 Å². The number of rotatable bonds is 5. The fourth-order valence-electron chi connectivity index (χ4n) is 3.42. The van der Waals surface area contributed by atoms with E-state index >= 15 is 0 Å². The maximum atomic E-state index is 11.6. The van der Waals surface area contributed by atoms with E-state index in [2.05, 4.69) is 52.8 Å². The molecule has 3 rings (SSSR count). The van der Waals surface area contributed by atoms with Gasteiger partial charge in [-0.1, -0.05) is 48.5 Å². The molecule has 1 saturated heterocycles. The van der Waals surface area contributed by atoms with E-state index in [-0.39, 0.29) is 0 Å². The van der Waals surface area contributed by atoms with Crippen LogP contribution in [0, 0.1) is 6.92 Å². The molecule has 0 spiro atoms. The molecule has 2 aromatic rings. The zero-order valence-electron chi connectivity index (χ0n) is 14.7. The minimum atomic E-state index is -0.495. The average molecular weight is 338 g/mol. The molecule has 0 unspecified atom stereocenters. The number of nitrogens with zero attached hydrogens (tertiary/aromatic N) is 1. The number of benzene rings is 2. The fourth-order valence-corrected chi connectivity index (χ4v) is 3.42. The van der Waals surface area contributed by atoms with Crippen molar-refractivity contribution in [2.24, 2.45) is 5.73 Å². The Labute approximate surface area is 149 Å². The number of amides is 2. The molecule has 5 heteroatoms. The fraction of sp³-hybridized carbons (Fsp3) is 0.350. The molecule has 0 radical (unpaired) electrons. The molecule has 0 aromatic heterocycles. The molecule has 1 aliphatic heterocycles. The molecule has 132 valence electrons. The Morgan fingerprint density at radius 3 is 2.36 bits per heavy atom. The third-order valence-corrected chi connectivity index (χ3v) is 4.84. The third kappa shape index (κ3) is 4.51. The Morgan fingerprint density at radius 2 is 1.72 bits per heavy atom. The average Bonchev–Trinajstić information content (AvgIpc) is 2.60. The lowest BCUT2D eigenvalue weighted by Gasteiger charge is -2.43. The maximum Gasteiger partial charge on any atom is 0.313 e. The van der Waals surface area contributed by atoms with E-state index in [1.807, 2.05) is 24.3 Å². The van der Waals surface area contributed by atoms with Crippen LogP contribution in [0.4, 0.5) is 10.5 Å². The van der Waals surface area contributed by atoms with E-state index in [1.165, 1.54) is 5.56 Å². The standard InChI is InChI=1S/C20H26N4O/c1-16-7-5-6-10-18(16)22-20(23-19(21)25)11-13-24(14-12-20)15-17-8-3-2-4-9-17/h2-10,22H,11-15H2,1H3,(H3,21,23,25). The van der Waals surface area contributed by atoms with Crippen molar-refractivity contribution in [3.05, 3.63) is 65.7 Å². The lowest BCUT2D eigenvalue weighted by atomic mass is 9.95. The maximum absolute atomic E-state index is 11.6. The SMILES string of the molecule is Cc1ccccc1NC1(NC(N)=O)CCN(Cc2ccccc2)CC1. The monoisotopic (exact) mass is 338 g/mol. The van der Waals surface area contributed by atoms with Crippen LogP contribution >= 0.6 is 0 Å². The topological polar surface area (TPSA) is 70.4 Å². The van der Waals surface area contributed by atoms with Crippen LogP contribution in [-0.2, 0) is 6.54 Å². The molecule has 0 atom stereocenters. The number of hydrogen-bond donors (Lipinski definition) is 3. The summed E-state index contributed by atoms with van der Waals surface area (Å²) in [5.41, 5.74) is 8.46. The van der Waals surface area contributed by atoms with Crippen LogP contribution in [-0.4, -0.2) is 29.7 Å². The molecule has 1 heterocycles. The number of hydrogen-bond acceptors (Lipinski definition) is 3. The lowest BCUT2D eigenvalue weighted by molar-refractivity contribution is 0.149. The number of piperidine rings is 1. The number of anilines is 1. The van der Waals surface area contributed by atoms with Crippen LogP contribution < -0.4 is 16.4 Å². The summed E-state index contributed by atoms with van der Waals surface area (Å²) in [6, 6.07) is 18.1. The van der Waals surface area contributed by atoms with Gasteiger partial charge in [0.15, 0.2) is 0 Å². The molecular formula is C20H26N4O. The first kappa shape index (κ1) is 17.3. The molecule has 2 amide bonds. The zero-order chi connectivity index (χ0) is 17.7. The minimum Gasteiger partial charge on any atom is -0.362 e. The Kier molecular flexibility index (Phi) is 5.24. The quantitative estimate of drug-likeness (QED) is 0.734. The van der Waals surface area contributed by atoms with E-state index < -0.39 is 11.7 Å². The molecule has 0 bridgehead atoms. The van der Waals surface area contributed by atoms with Crippen LogP contribution in [0.3, 0.4) is 0 Å². The van der Waals surface area contributed by atoms with Gasteiger partial charge in [0.05, 0.1) is 0 Å². The lowest BCUT2D eigenvalue weighted by Crippen LogP contribution is -2.61. The van der Waals surface area contributed by atoms with Crippen LogP contribution in [0.15, 0.2) is 54.6 Å². The third-order valence-electron chi connectivity index (χ3n) is 4.84. The van der Waals surface area contributed by atoms with E-state index in [4.69, 9.17) is 5.73 Å². The second-order valence-electron chi connectivity index (χ2n) is 6.77. The highest BCUT2D eigenvalue weighted by molar-refractivity contribution is 5.73. The second-order valence-corrected chi connectivity index (χ2v) is 6.77. The summed E-state index contributed by atoms with van der Waals surface area (Å²) >= 11 is 0. The first-order valence-electron chi connectivity index (χ1n) is 8.74.